The van der Waals surface area contributed by atoms with Crippen LogP contribution in [0.15, 0.2) is 60.7 Å². The van der Waals surface area contributed by atoms with E-state index in [1.54, 1.807) is 0 Å². The van der Waals surface area contributed by atoms with Crippen LogP contribution in [0.1, 0.15) is 87.4 Å². The molecule has 32 heavy (non-hydrogen) atoms. The molecule has 0 heterocycles. The Hall–Kier alpha value is -1.72. The third kappa shape index (κ3) is 12.4. The Morgan fingerprint density at radius 2 is 0.781 bits per heavy atom. The van der Waals surface area contributed by atoms with Gasteiger partial charge in [-0.2, -0.15) is 0 Å². The fourth-order valence-corrected chi connectivity index (χ4v) is 3.84. The van der Waals surface area contributed by atoms with Gasteiger partial charge in [0.1, 0.15) is 0 Å². The molecule has 0 amide bonds. The predicted molar refractivity (Wildman–Crippen MR) is 135 cm³/mol. The third-order valence-electron chi connectivity index (χ3n) is 5.88. The summed E-state index contributed by atoms with van der Waals surface area (Å²) in [6, 6.07) is 20.3. The maximum Gasteiger partial charge on any atom is 0.0659 e. The number of unbranched alkanes of at least 4 members (excludes halogenated alkanes) is 9. The molecule has 4 nitrogen and oxygen atoms in total. The van der Waals surface area contributed by atoms with Crippen LogP contribution in [-0.4, -0.2) is 26.4 Å². The van der Waals surface area contributed by atoms with E-state index in [1.165, 1.54) is 51.4 Å². The number of benzene rings is 2. The predicted octanol–water partition coefficient (Wildman–Crippen LogP) is 6.32. The van der Waals surface area contributed by atoms with E-state index in [-0.39, 0.29) is 12.1 Å². The molecule has 4 N–H and O–H groups in total. The molecule has 2 aromatic carbocycles. The molecule has 0 bridgehead atoms. The van der Waals surface area contributed by atoms with Crippen molar-refractivity contribution in [3.8, 4) is 0 Å². The molecule has 0 fully saturated rings. The summed E-state index contributed by atoms with van der Waals surface area (Å²) >= 11 is 0. The fraction of sp³-hybridized carbons (Fsp3) is 0.571. The Kier molecular flexibility index (Phi) is 14.8. The highest BCUT2D eigenvalue weighted by Gasteiger charge is 2.05. The first kappa shape index (κ1) is 26.5. The topological polar surface area (TPSA) is 70.5 Å². The molecule has 2 unspecified atom stereocenters. The molecule has 2 atom stereocenters. The maximum absolute atomic E-state index is 6.15. The van der Waals surface area contributed by atoms with Gasteiger partial charge in [-0.25, -0.2) is 0 Å². The SMILES string of the molecule is NC(COCCCCCCCCCCCCOCC(N)c1ccccc1)c1ccccc1. The van der Waals surface area contributed by atoms with Gasteiger partial charge < -0.3 is 20.9 Å². The summed E-state index contributed by atoms with van der Waals surface area (Å²) in [6.07, 6.45) is 12.8. The maximum atomic E-state index is 6.15. The second kappa shape index (κ2) is 17.8. The van der Waals surface area contributed by atoms with Crippen LogP contribution >= 0.6 is 0 Å². The van der Waals surface area contributed by atoms with Crippen molar-refractivity contribution in [1.82, 2.24) is 0 Å². The van der Waals surface area contributed by atoms with Crippen LogP contribution in [0.4, 0.5) is 0 Å². The van der Waals surface area contributed by atoms with Crippen LogP contribution in [0.3, 0.4) is 0 Å². The van der Waals surface area contributed by atoms with Gasteiger partial charge in [0.25, 0.3) is 0 Å². The molecule has 0 aliphatic carbocycles. The van der Waals surface area contributed by atoms with Crippen molar-refractivity contribution in [1.29, 1.82) is 0 Å². The Bertz CT molecular complexity index is 606. The average molecular weight is 441 g/mol. The summed E-state index contributed by atoms with van der Waals surface area (Å²) in [5.74, 6) is 0. The van der Waals surface area contributed by atoms with Gasteiger partial charge in [-0.05, 0) is 24.0 Å². The van der Waals surface area contributed by atoms with Gasteiger partial charge in [0.05, 0.1) is 25.3 Å². The first-order valence-corrected chi connectivity index (χ1v) is 12.5. The lowest BCUT2D eigenvalue weighted by Crippen LogP contribution is -2.17. The lowest BCUT2D eigenvalue weighted by molar-refractivity contribution is 0.117. The molecule has 0 radical (unpaired) electrons. The molecule has 0 saturated heterocycles. The largest absolute Gasteiger partial charge is 0.379 e. The van der Waals surface area contributed by atoms with Crippen LogP contribution < -0.4 is 11.5 Å². The van der Waals surface area contributed by atoms with Gasteiger partial charge in [0, 0.05) is 13.2 Å². The van der Waals surface area contributed by atoms with E-state index >= 15 is 0 Å². The van der Waals surface area contributed by atoms with E-state index in [2.05, 4.69) is 24.3 Å². The number of hydrogen-bond acceptors (Lipinski definition) is 4. The van der Waals surface area contributed by atoms with E-state index in [9.17, 15) is 0 Å². The highest BCUT2D eigenvalue weighted by Crippen LogP contribution is 2.13. The van der Waals surface area contributed by atoms with Crippen molar-refractivity contribution < 1.29 is 9.47 Å². The van der Waals surface area contributed by atoms with Crippen molar-refractivity contribution in [3.63, 3.8) is 0 Å². The molecule has 2 rings (SSSR count). The average Bonchev–Trinajstić information content (AvgIpc) is 2.84. The van der Waals surface area contributed by atoms with Gasteiger partial charge in [-0.15, -0.1) is 0 Å². The minimum absolute atomic E-state index is 0.0189. The molecule has 178 valence electrons. The van der Waals surface area contributed by atoms with Gasteiger partial charge >= 0.3 is 0 Å². The molecule has 0 saturated carbocycles. The molecule has 2 aromatic rings. The van der Waals surface area contributed by atoms with E-state index < -0.39 is 0 Å². The molecule has 0 aliphatic rings. The van der Waals surface area contributed by atoms with Gasteiger partial charge in [0.2, 0.25) is 0 Å². The van der Waals surface area contributed by atoms with Gasteiger partial charge in [-0.3, -0.25) is 0 Å². The van der Waals surface area contributed by atoms with Crippen molar-refractivity contribution >= 4 is 0 Å². The minimum atomic E-state index is -0.0189. The molecular weight excluding hydrogens is 396 g/mol. The Labute approximate surface area is 195 Å². The summed E-state index contributed by atoms with van der Waals surface area (Å²) < 4.78 is 11.5. The summed E-state index contributed by atoms with van der Waals surface area (Å²) in [7, 11) is 0. The van der Waals surface area contributed by atoms with Crippen LogP contribution in [0.25, 0.3) is 0 Å². The van der Waals surface area contributed by atoms with Crippen LogP contribution in [-0.2, 0) is 9.47 Å². The highest BCUT2D eigenvalue weighted by atomic mass is 16.5. The van der Waals surface area contributed by atoms with Crippen molar-refractivity contribution in [2.45, 2.75) is 76.3 Å². The molecule has 4 heteroatoms. The lowest BCUT2D eigenvalue weighted by Gasteiger charge is -2.12. The third-order valence-corrected chi connectivity index (χ3v) is 5.88. The van der Waals surface area contributed by atoms with Crippen LogP contribution in [0, 0.1) is 0 Å². The summed E-state index contributed by atoms with van der Waals surface area (Å²) in [4.78, 5) is 0. The number of hydrogen-bond donors (Lipinski definition) is 2. The fourth-order valence-electron chi connectivity index (χ4n) is 3.84. The summed E-state index contributed by atoms with van der Waals surface area (Å²) in [5.41, 5.74) is 14.6. The summed E-state index contributed by atoms with van der Waals surface area (Å²) in [6.45, 7) is 2.85. The van der Waals surface area contributed by atoms with Crippen molar-refractivity contribution in [2.75, 3.05) is 26.4 Å². The Morgan fingerprint density at radius 3 is 1.12 bits per heavy atom. The number of ether oxygens (including phenoxy) is 2. The molecule has 0 spiro atoms. The minimum Gasteiger partial charge on any atom is -0.379 e. The number of nitrogens with two attached hydrogens (primary N) is 2. The second-order valence-electron chi connectivity index (χ2n) is 8.72. The highest BCUT2D eigenvalue weighted by molar-refractivity contribution is 5.19. The first-order valence-electron chi connectivity index (χ1n) is 12.5. The Morgan fingerprint density at radius 1 is 0.469 bits per heavy atom. The summed E-state index contributed by atoms with van der Waals surface area (Å²) in [5, 5.41) is 0. The van der Waals surface area contributed by atoms with E-state index in [0.29, 0.717) is 13.2 Å². The molecule has 0 aliphatic heterocycles. The van der Waals surface area contributed by atoms with Crippen molar-refractivity contribution in [3.05, 3.63) is 71.8 Å². The lowest BCUT2D eigenvalue weighted by atomic mass is 10.1. The zero-order valence-electron chi connectivity index (χ0n) is 19.8. The van der Waals surface area contributed by atoms with E-state index in [4.69, 9.17) is 20.9 Å². The van der Waals surface area contributed by atoms with E-state index in [0.717, 1.165) is 37.2 Å². The quantitative estimate of drug-likeness (QED) is 0.251. The van der Waals surface area contributed by atoms with Crippen LogP contribution in [0.5, 0.6) is 0 Å². The molecular formula is C28H44N2O2. The van der Waals surface area contributed by atoms with E-state index in [1.807, 2.05) is 36.4 Å². The first-order chi connectivity index (χ1) is 15.8. The second-order valence-corrected chi connectivity index (χ2v) is 8.72. The monoisotopic (exact) mass is 440 g/mol. The molecule has 0 aromatic heterocycles. The standard InChI is InChI=1S/C28H44N2O2/c29-27(25-17-11-9-12-18-25)23-31-21-15-7-5-3-1-2-4-6-8-16-22-32-24-28(30)26-19-13-10-14-20-26/h9-14,17-20,27-28H,1-8,15-16,21-24,29-30H2. The van der Waals surface area contributed by atoms with Gasteiger partial charge in [-0.1, -0.05) is 112 Å². The number of rotatable bonds is 19. The van der Waals surface area contributed by atoms with Crippen molar-refractivity contribution in [2.24, 2.45) is 11.5 Å². The smallest absolute Gasteiger partial charge is 0.0659 e. The zero-order chi connectivity index (χ0) is 22.7. The zero-order valence-corrected chi connectivity index (χ0v) is 19.8. The Balaban J connectivity index is 1.28. The normalized spacial score (nSPS) is 13.2. The van der Waals surface area contributed by atoms with Crippen LogP contribution in [0.2, 0.25) is 0 Å². The van der Waals surface area contributed by atoms with Gasteiger partial charge in [0.15, 0.2) is 0 Å².